The fraction of sp³-hybridized carbons (Fsp3) is 0.250. The highest BCUT2D eigenvalue weighted by molar-refractivity contribution is 5.78. The highest BCUT2D eigenvalue weighted by Gasteiger charge is 2.21. The van der Waals surface area contributed by atoms with Crippen LogP contribution in [0.15, 0.2) is 32.9 Å². The number of rotatable bonds is 4. The monoisotopic (exact) mass is 219 g/mol. The van der Waals surface area contributed by atoms with E-state index in [0.29, 0.717) is 11.3 Å². The summed E-state index contributed by atoms with van der Waals surface area (Å²) in [7, 11) is 0. The van der Waals surface area contributed by atoms with Crippen molar-refractivity contribution >= 4 is 11.8 Å². The van der Waals surface area contributed by atoms with Gasteiger partial charge in [-0.05, 0) is 25.0 Å². The van der Waals surface area contributed by atoms with Gasteiger partial charge in [-0.1, -0.05) is 13.5 Å². The maximum absolute atomic E-state index is 11.1. The Morgan fingerprint density at radius 2 is 2.06 bits per heavy atom. The van der Waals surface area contributed by atoms with Crippen molar-refractivity contribution in [1.82, 2.24) is 0 Å². The lowest BCUT2D eigenvalue weighted by molar-refractivity contribution is 0.461. The number of hydrogen-bond donors (Lipinski definition) is 1. The van der Waals surface area contributed by atoms with Crippen LogP contribution in [-0.4, -0.2) is 11.3 Å². The molecule has 0 saturated heterocycles. The van der Waals surface area contributed by atoms with Crippen LogP contribution in [0.25, 0.3) is 5.57 Å². The molecule has 0 aliphatic carbocycles. The van der Waals surface area contributed by atoms with Crippen LogP contribution in [-0.2, 0) is 0 Å². The molecule has 1 aromatic carbocycles. The Morgan fingerprint density at radius 1 is 1.44 bits per heavy atom. The first-order valence-electron chi connectivity index (χ1n) is 4.91. The van der Waals surface area contributed by atoms with E-state index in [1.54, 1.807) is 19.2 Å². The van der Waals surface area contributed by atoms with E-state index in [1.165, 1.54) is 0 Å². The predicted molar refractivity (Wildman–Crippen MR) is 64.6 cm³/mol. The molecule has 1 N–H and O–H groups in total. The topological polar surface area (TPSA) is 66.7 Å². The molecule has 84 valence electrons. The van der Waals surface area contributed by atoms with Gasteiger partial charge in [0.25, 0.3) is 5.43 Å². The summed E-state index contributed by atoms with van der Waals surface area (Å²) in [5.74, 6) is -0.501. The average molecular weight is 219 g/mol. The van der Waals surface area contributed by atoms with E-state index < -0.39 is 16.6 Å². The van der Waals surface area contributed by atoms with Gasteiger partial charge >= 0.3 is 0 Å². The molecule has 0 unspecified atom stereocenters. The summed E-state index contributed by atoms with van der Waals surface area (Å²) in [5, 5.41) is 9.19. The minimum Gasteiger partial charge on any atom is -0.503 e. The van der Waals surface area contributed by atoms with Crippen molar-refractivity contribution in [3.63, 3.8) is 0 Å². The van der Waals surface area contributed by atoms with E-state index in [0.717, 1.165) is 6.42 Å². The molecule has 1 aromatic rings. The van der Waals surface area contributed by atoms with Crippen LogP contribution in [0.4, 0.5) is 0 Å². The summed E-state index contributed by atoms with van der Waals surface area (Å²) < 4.78 is 0. The molecule has 0 aliphatic heterocycles. The average Bonchev–Trinajstić information content (AvgIpc) is 2.26. The summed E-state index contributed by atoms with van der Waals surface area (Å²) in [4.78, 5) is 26.0. The highest BCUT2D eigenvalue weighted by Crippen LogP contribution is 2.20. The van der Waals surface area contributed by atoms with E-state index in [9.17, 15) is 14.7 Å². The fourth-order valence-corrected chi connectivity index (χ4v) is 1.27. The van der Waals surface area contributed by atoms with Gasteiger partial charge in [0.1, 0.15) is 0 Å². The zero-order valence-electron chi connectivity index (χ0n) is 9.28. The molecule has 0 radical (unpaired) electrons. The van der Waals surface area contributed by atoms with Crippen molar-refractivity contribution in [3.8, 4) is 5.75 Å². The van der Waals surface area contributed by atoms with Gasteiger partial charge in [0, 0.05) is 11.9 Å². The van der Waals surface area contributed by atoms with Gasteiger partial charge in [0.05, 0.1) is 5.56 Å². The number of aliphatic imine (C=N–C) groups is 1. The SMILES string of the molecule is C=C(/C=C(/C)N=CCC)c1c(O)c(=O)c1=O. The third-order valence-corrected chi connectivity index (χ3v) is 2.07. The number of aromatic hydroxyl groups is 1. The molecule has 1 rings (SSSR count). The molecule has 0 amide bonds. The molecule has 0 saturated carbocycles. The molecule has 0 spiro atoms. The van der Waals surface area contributed by atoms with Gasteiger partial charge in [-0.25, -0.2) is 0 Å². The van der Waals surface area contributed by atoms with Crippen molar-refractivity contribution in [2.24, 2.45) is 4.99 Å². The molecule has 16 heavy (non-hydrogen) atoms. The molecule has 0 atom stereocenters. The molecule has 4 heteroatoms. The standard InChI is InChI=1S/C12H13NO3/c1-4-5-13-8(3)6-7(2)9-10(14)12(16)11(9)15/h5-6,14H,2,4H2,1,3H3/b8-6-,13-5?. The van der Waals surface area contributed by atoms with Gasteiger partial charge in [0.15, 0.2) is 5.75 Å². The second-order valence-corrected chi connectivity index (χ2v) is 3.41. The minimum atomic E-state index is -0.848. The second-order valence-electron chi connectivity index (χ2n) is 3.41. The Morgan fingerprint density at radius 3 is 2.56 bits per heavy atom. The van der Waals surface area contributed by atoms with Crippen LogP contribution in [0.5, 0.6) is 5.75 Å². The van der Waals surface area contributed by atoms with Crippen LogP contribution >= 0.6 is 0 Å². The number of nitrogens with zero attached hydrogens (tertiary/aromatic N) is 1. The lowest BCUT2D eigenvalue weighted by Gasteiger charge is -2.04. The summed E-state index contributed by atoms with van der Waals surface area (Å²) in [5.41, 5.74) is -0.562. The minimum absolute atomic E-state index is 0.00366. The Hall–Kier alpha value is -1.97. The number of allylic oxidation sites excluding steroid dienone is 3. The molecule has 0 fully saturated rings. The normalized spacial score (nSPS) is 12.5. The maximum Gasteiger partial charge on any atom is 0.268 e. The quantitative estimate of drug-likeness (QED) is 0.472. The van der Waals surface area contributed by atoms with Crippen molar-refractivity contribution < 1.29 is 5.11 Å². The lowest BCUT2D eigenvalue weighted by Crippen LogP contribution is -2.33. The number of hydrogen-bond acceptors (Lipinski definition) is 4. The van der Waals surface area contributed by atoms with Crippen molar-refractivity contribution in [3.05, 3.63) is 44.4 Å². The van der Waals surface area contributed by atoms with Crippen molar-refractivity contribution in [2.75, 3.05) is 0 Å². The Kier molecular flexibility index (Phi) is 3.55. The first-order chi connectivity index (χ1) is 7.49. The van der Waals surface area contributed by atoms with E-state index in [1.807, 2.05) is 6.92 Å². The first kappa shape index (κ1) is 12.1. The summed E-state index contributed by atoms with van der Waals surface area (Å²) in [6.07, 6.45) is 4.09. The van der Waals surface area contributed by atoms with E-state index in [2.05, 4.69) is 11.6 Å². The van der Waals surface area contributed by atoms with E-state index in [4.69, 9.17) is 0 Å². The smallest absolute Gasteiger partial charge is 0.268 e. The largest absolute Gasteiger partial charge is 0.503 e. The lowest BCUT2D eigenvalue weighted by atomic mass is 10.0. The third-order valence-electron chi connectivity index (χ3n) is 2.07. The van der Waals surface area contributed by atoms with E-state index >= 15 is 0 Å². The van der Waals surface area contributed by atoms with Crippen LogP contribution < -0.4 is 10.9 Å². The van der Waals surface area contributed by atoms with E-state index in [-0.39, 0.29) is 5.56 Å². The summed E-state index contributed by atoms with van der Waals surface area (Å²) >= 11 is 0. The second kappa shape index (κ2) is 4.70. The maximum atomic E-state index is 11.1. The molecule has 4 nitrogen and oxygen atoms in total. The molecular weight excluding hydrogens is 206 g/mol. The molecular formula is C12H13NO3. The van der Waals surface area contributed by atoms with Gasteiger partial charge in [-0.15, -0.1) is 0 Å². The third kappa shape index (κ3) is 2.16. The van der Waals surface area contributed by atoms with Crippen LogP contribution in [0.1, 0.15) is 25.8 Å². The van der Waals surface area contributed by atoms with Crippen LogP contribution in [0.2, 0.25) is 0 Å². The zero-order chi connectivity index (χ0) is 12.3. The van der Waals surface area contributed by atoms with Gasteiger partial charge in [-0.2, -0.15) is 0 Å². The summed E-state index contributed by atoms with van der Waals surface area (Å²) in [6.45, 7) is 7.32. The summed E-state index contributed by atoms with van der Waals surface area (Å²) in [6, 6.07) is 0. The van der Waals surface area contributed by atoms with Crippen LogP contribution in [0, 0.1) is 0 Å². The van der Waals surface area contributed by atoms with Gasteiger partial charge < -0.3 is 5.11 Å². The Bertz CT molecular complexity index is 543. The Balaban J connectivity index is 2.94. The van der Waals surface area contributed by atoms with Crippen LogP contribution in [0.3, 0.4) is 0 Å². The fourth-order valence-electron chi connectivity index (χ4n) is 1.27. The molecule has 0 aromatic heterocycles. The van der Waals surface area contributed by atoms with Gasteiger partial charge in [-0.3, -0.25) is 14.6 Å². The zero-order valence-corrected chi connectivity index (χ0v) is 9.28. The van der Waals surface area contributed by atoms with Crippen molar-refractivity contribution in [1.29, 1.82) is 0 Å². The first-order valence-corrected chi connectivity index (χ1v) is 4.91. The predicted octanol–water partition coefficient (Wildman–Crippen LogP) is 1.39. The molecule has 0 bridgehead atoms. The molecule has 0 heterocycles. The van der Waals surface area contributed by atoms with Gasteiger partial charge in [0.2, 0.25) is 5.43 Å². The highest BCUT2D eigenvalue weighted by atomic mass is 16.3. The molecule has 0 aliphatic rings. The van der Waals surface area contributed by atoms with Crippen molar-refractivity contribution in [2.45, 2.75) is 20.3 Å². The Labute approximate surface area is 93.0 Å².